The minimum absolute atomic E-state index is 0.559. The first-order valence-electron chi connectivity index (χ1n) is 3.94. The molecular weight excluding hydrogens is 192 g/mol. The lowest BCUT2D eigenvalue weighted by Crippen LogP contribution is -2.05. The van der Waals surface area contributed by atoms with Crippen LogP contribution in [0.1, 0.15) is 32.6 Å². The van der Waals surface area contributed by atoms with E-state index in [1.54, 1.807) is 7.11 Å². The van der Waals surface area contributed by atoms with Crippen LogP contribution in [0.15, 0.2) is 0 Å². The number of hydrogen-bond donors (Lipinski definition) is 0. The van der Waals surface area contributed by atoms with Gasteiger partial charge in [0.05, 0.1) is 6.61 Å². The number of hydrogen-bond acceptors (Lipinski definition) is 1. The van der Waals surface area contributed by atoms with Crippen LogP contribution in [0.25, 0.3) is 0 Å². The molecule has 0 radical (unpaired) electrons. The zero-order valence-electron chi connectivity index (χ0n) is 6.90. The van der Waals surface area contributed by atoms with Crippen molar-refractivity contribution in [3.8, 4) is 0 Å². The van der Waals surface area contributed by atoms with Crippen molar-refractivity contribution < 1.29 is 4.74 Å². The highest BCUT2D eigenvalue weighted by Gasteiger charge is 2.00. The molecule has 0 aromatic carbocycles. The van der Waals surface area contributed by atoms with E-state index in [-0.39, 0.29) is 0 Å². The average molecular weight is 209 g/mol. The molecule has 1 nitrogen and oxygen atoms in total. The number of ether oxygens (including phenoxy) is 1. The van der Waals surface area contributed by atoms with E-state index in [1.165, 1.54) is 25.7 Å². The van der Waals surface area contributed by atoms with E-state index in [9.17, 15) is 0 Å². The van der Waals surface area contributed by atoms with Gasteiger partial charge in [0.15, 0.2) is 0 Å². The summed E-state index contributed by atoms with van der Waals surface area (Å²) in [7, 11) is 1.74. The van der Waals surface area contributed by atoms with Gasteiger partial charge in [-0.1, -0.05) is 42.1 Å². The normalized spacial score (nSPS) is 13.5. The van der Waals surface area contributed by atoms with Crippen molar-refractivity contribution in [1.82, 2.24) is 0 Å². The van der Waals surface area contributed by atoms with E-state index in [0.29, 0.717) is 4.83 Å². The maximum atomic E-state index is 4.99. The number of halogens is 1. The SMILES string of the molecule is CCCCCC(Br)COC. The Balaban J connectivity index is 2.97. The molecule has 0 aliphatic rings. The first-order valence-corrected chi connectivity index (χ1v) is 4.85. The molecule has 1 atom stereocenters. The first kappa shape index (κ1) is 10.4. The quantitative estimate of drug-likeness (QED) is 0.482. The average Bonchev–Trinajstić information content (AvgIpc) is 1.89. The van der Waals surface area contributed by atoms with Gasteiger partial charge in [0, 0.05) is 11.9 Å². The zero-order valence-corrected chi connectivity index (χ0v) is 8.49. The summed E-state index contributed by atoms with van der Waals surface area (Å²) in [5.74, 6) is 0. The Bertz CT molecular complexity index is 66.3. The van der Waals surface area contributed by atoms with Crippen molar-refractivity contribution in [1.29, 1.82) is 0 Å². The highest BCUT2D eigenvalue weighted by Crippen LogP contribution is 2.10. The Morgan fingerprint density at radius 1 is 1.40 bits per heavy atom. The molecule has 0 aromatic rings. The van der Waals surface area contributed by atoms with Gasteiger partial charge in [-0.3, -0.25) is 0 Å². The van der Waals surface area contributed by atoms with E-state index < -0.39 is 0 Å². The summed E-state index contributed by atoms with van der Waals surface area (Å²) in [6.07, 6.45) is 5.19. The number of unbranched alkanes of at least 4 members (excludes halogenated alkanes) is 2. The number of methoxy groups -OCH3 is 1. The Morgan fingerprint density at radius 3 is 2.60 bits per heavy atom. The molecule has 0 saturated carbocycles. The molecule has 0 aliphatic carbocycles. The van der Waals surface area contributed by atoms with Crippen LogP contribution in [-0.2, 0) is 4.74 Å². The maximum Gasteiger partial charge on any atom is 0.0587 e. The third-order valence-electron chi connectivity index (χ3n) is 1.47. The fourth-order valence-electron chi connectivity index (χ4n) is 0.880. The molecule has 0 aliphatic heterocycles. The van der Waals surface area contributed by atoms with Crippen molar-refractivity contribution in [2.24, 2.45) is 0 Å². The molecule has 0 amide bonds. The molecule has 2 heteroatoms. The predicted octanol–water partition coefficient (Wildman–Crippen LogP) is 2.98. The molecule has 0 spiro atoms. The van der Waals surface area contributed by atoms with Crippen molar-refractivity contribution >= 4 is 15.9 Å². The van der Waals surface area contributed by atoms with Crippen LogP contribution >= 0.6 is 15.9 Å². The lowest BCUT2D eigenvalue weighted by molar-refractivity contribution is 0.198. The van der Waals surface area contributed by atoms with Gasteiger partial charge in [-0.05, 0) is 6.42 Å². The van der Waals surface area contributed by atoms with E-state index in [4.69, 9.17) is 4.74 Å². The summed E-state index contributed by atoms with van der Waals surface area (Å²) in [5, 5.41) is 0. The van der Waals surface area contributed by atoms with Gasteiger partial charge in [-0.25, -0.2) is 0 Å². The van der Waals surface area contributed by atoms with Crippen LogP contribution in [0.4, 0.5) is 0 Å². The number of rotatable bonds is 6. The van der Waals surface area contributed by atoms with Crippen LogP contribution in [0, 0.1) is 0 Å². The molecule has 10 heavy (non-hydrogen) atoms. The second-order valence-electron chi connectivity index (χ2n) is 2.55. The minimum Gasteiger partial charge on any atom is -0.384 e. The summed E-state index contributed by atoms with van der Waals surface area (Å²) in [6, 6.07) is 0. The standard InChI is InChI=1S/C8H17BrO/c1-3-4-5-6-8(9)7-10-2/h8H,3-7H2,1-2H3. The Kier molecular flexibility index (Phi) is 7.88. The maximum absolute atomic E-state index is 4.99. The third kappa shape index (κ3) is 6.56. The summed E-state index contributed by atoms with van der Waals surface area (Å²) >= 11 is 3.54. The molecule has 62 valence electrons. The minimum atomic E-state index is 0.559. The lowest BCUT2D eigenvalue weighted by Gasteiger charge is -2.06. The van der Waals surface area contributed by atoms with Gasteiger partial charge in [0.25, 0.3) is 0 Å². The van der Waals surface area contributed by atoms with E-state index in [2.05, 4.69) is 22.9 Å². The Morgan fingerprint density at radius 2 is 2.10 bits per heavy atom. The molecule has 0 rings (SSSR count). The fourth-order valence-corrected chi connectivity index (χ4v) is 1.47. The van der Waals surface area contributed by atoms with Crippen molar-refractivity contribution in [2.75, 3.05) is 13.7 Å². The topological polar surface area (TPSA) is 9.23 Å². The predicted molar refractivity (Wildman–Crippen MR) is 48.7 cm³/mol. The van der Waals surface area contributed by atoms with Crippen molar-refractivity contribution in [3.05, 3.63) is 0 Å². The third-order valence-corrected chi connectivity index (χ3v) is 2.19. The summed E-state index contributed by atoms with van der Waals surface area (Å²) < 4.78 is 4.99. The Labute approximate surface area is 72.3 Å². The summed E-state index contributed by atoms with van der Waals surface area (Å²) in [4.78, 5) is 0.559. The number of alkyl halides is 1. The molecule has 0 saturated heterocycles. The van der Waals surface area contributed by atoms with Gasteiger partial charge < -0.3 is 4.74 Å². The second-order valence-corrected chi connectivity index (χ2v) is 3.84. The van der Waals surface area contributed by atoms with Crippen LogP contribution in [-0.4, -0.2) is 18.5 Å². The van der Waals surface area contributed by atoms with Gasteiger partial charge in [0.2, 0.25) is 0 Å². The second kappa shape index (κ2) is 7.55. The van der Waals surface area contributed by atoms with Crippen LogP contribution in [0.5, 0.6) is 0 Å². The van der Waals surface area contributed by atoms with Crippen LogP contribution < -0.4 is 0 Å². The van der Waals surface area contributed by atoms with E-state index >= 15 is 0 Å². The molecule has 0 N–H and O–H groups in total. The van der Waals surface area contributed by atoms with Crippen LogP contribution in [0.2, 0.25) is 0 Å². The largest absolute Gasteiger partial charge is 0.384 e. The van der Waals surface area contributed by atoms with E-state index in [1.807, 2.05) is 0 Å². The highest BCUT2D eigenvalue weighted by molar-refractivity contribution is 9.09. The monoisotopic (exact) mass is 208 g/mol. The molecule has 0 heterocycles. The molecular formula is C8H17BrO. The lowest BCUT2D eigenvalue weighted by atomic mass is 10.2. The molecule has 0 bridgehead atoms. The smallest absolute Gasteiger partial charge is 0.0587 e. The molecule has 0 fully saturated rings. The van der Waals surface area contributed by atoms with Crippen LogP contribution in [0.3, 0.4) is 0 Å². The Hall–Kier alpha value is 0.440. The summed E-state index contributed by atoms with van der Waals surface area (Å²) in [6.45, 7) is 3.06. The van der Waals surface area contributed by atoms with Gasteiger partial charge in [0.1, 0.15) is 0 Å². The van der Waals surface area contributed by atoms with Gasteiger partial charge in [-0.2, -0.15) is 0 Å². The highest BCUT2D eigenvalue weighted by atomic mass is 79.9. The zero-order chi connectivity index (χ0) is 7.82. The van der Waals surface area contributed by atoms with Crippen molar-refractivity contribution in [2.45, 2.75) is 37.4 Å². The molecule has 0 aromatic heterocycles. The van der Waals surface area contributed by atoms with Crippen molar-refractivity contribution in [3.63, 3.8) is 0 Å². The molecule has 1 unspecified atom stereocenters. The van der Waals surface area contributed by atoms with Gasteiger partial charge >= 0.3 is 0 Å². The summed E-state index contributed by atoms with van der Waals surface area (Å²) in [5.41, 5.74) is 0. The van der Waals surface area contributed by atoms with Gasteiger partial charge in [-0.15, -0.1) is 0 Å². The first-order chi connectivity index (χ1) is 4.81. The van der Waals surface area contributed by atoms with E-state index in [0.717, 1.165) is 6.61 Å². The fraction of sp³-hybridized carbons (Fsp3) is 1.00.